The van der Waals surface area contributed by atoms with Crippen molar-refractivity contribution in [3.8, 4) is 11.5 Å². The zero-order valence-electron chi connectivity index (χ0n) is 11.7. The average molecular weight is 290 g/mol. The van der Waals surface area contributed by atoms with Gasteiger partial charge in [0.05, 0.1) is 30.5 Å². The second-order valence-corrected chi connectivity index (χ2v) is 5.67. The molecule has 0 spiro atoms. The topological polar surface area (TPSA) is 43.4 Å². The molecule has 2 aromatic rings. The zero-order chi connectivity index (χ0) is 13.9. The van der Waals surface area contributed by atoms with Gasteiger partial charge >= 0.3 is 0 Å². The molecule has 0 bridgehead atoms. The van der Waals surface area contributed by atoms with Gasteiger partial charge in [0.2, 0.25) is 0 Å². The molecule has 1 atom stereocenters. The number of nitrogens with zero attached hydrogens (tertiary/aromatic N) is 1. The molecule has 106 valence electrons. The van der Waals surface area contributed by atoms with Crippen molar-refractivity contribution >= 4 is 11.3 Å². The average Bonchev–Trinajstić information content (AvgIpc) is 2.75. The maximum absolute atomic E-state index is 5.77. The van der Waals surface area contributed by atoms with Crippen molar-refractivity contribution < 1.29 is 9.47 Å². The molecule has 4 nitrogen and oxygen atoms in total. The van der Waals surface area contributed by atoms with Gasteiger partial charge in [-0.25, -0.2) is 4.98 Å². The minimum Gasteiger partial charge on any atom is -0.490 e. The number of hydrogen-bond acceptors (Lipinski definition) is 5. The number of fused-ring (bicyclic) bond motifs is 1. The fraction of sp³-hybridized carbons (Fsp3) is 0.400. The van der Waals surface area contributed by atoms with Crippen molar-refractivity contribution in [2.45, 2.75) is 19.4 Å². The Morgan fingerprint density at radius 3 is 2.75 bits per heavy atom. The van der Waals surface area contributed by atoms with Gasteiger partial charge in [0.15, 0.2) is 11.5 Å². The van der Waals surface area contributed by atoms with Crippen LogP contribution in [0.4, 0.5) is 0 Å². The highest BCUT2D eigenvalue weighted by atomic mass is 32.1. The highest BCUT2D eigenvalue weighted by Gasteiger charge is 2.19. The molecule has 5 heteroatoms. The minimum absolute atomic E-state index is 0.139. The quantitative estimate of drug-likeness (QED) is 0.944. The van der Waals surface area contributed by atoms with Crippen LogP contribution in [0.2, 0.25) is 0 Å². The standard InChI is InChI=1S/C15H18N2O2S/c1-10-15(20-9-17-10)14(16-2)11-4-5-12-13(8-11)19-7-3-6-18-12/h4-5,8-9,14,16H,3,6-7H2,1-2H3. The summed E-state index contributed by atoms with van der Waals surface area (Å²) in [7, 11) is 1.97. The monoisotopic (exact) mass is 290 g/mol. The number of aryl methyl sites for hydroxylation is 1. The molecule has 1 aromatic heterocycles. The third-order valence-electron chi connectivity index (χ3n) is 3.44. The molecule has 1 aliphatic rings. The van der Waals surface area contributed by atoms with Gasteiger partial charge in [-0.3, -0.25) is 0 Å². The summed E-state index contributed by atoms with van der Waals surface area (Å²) < 4.78 is 11.4. The number of thiazole rings is 1. The van der Waals surface area contributed by atoms with Crippen LogP contribution in [0.25, 0.3) is 0 Å². The highest BCUT2D eigenvalue weighted by molar-refractivity contribution is 7.09. The minimum atomic E-state index is 0.139. The van der Waals surface area contributed by atoms with E-state index in [1.54, 1.807) is 11.3 Å². The van der Waals surface area contributed by atoms with Crippen LogP contribution in [0.1, 0.15) is 28.6 Å². The Balaban J connectivity index is 1.96. The van der Waals surface area contributed by atoms with Gasteiger partial charge in [-0.15, -0.1) is 11.3 Å². The molecule has 1 aliphatic heterocycles. The number of nitrogens with one attached hydrogen (secondary N) is 1. The lowest BCUT2D eigenvalue weighted by atomic mass is 10.0. The van der Waals surface area contributed by atoms with Crippen molar-refractivity contribution in [2.24, 2.45) is 0 Å². The van der Waals surface area contributed by atoms with E-state index in [1.165, 1.54) is 10.4 Å². The van der Waals surface area contributed by atoms with Crippen molar-refractivity contribution in [3.05, 3.63) is 39.8 Å². The summed E-state index contributed by atoms with van der Waals surface area (Å²) in [6.45, 7) is 3.47. The maximum atomic E-state index is 5.77. The van der Waals surface area contributed by atoms with E-state index in [0.717, 1.165) is 30.2 Å². The summed E-state index contributed by atoms with van der Waals surface area (Å²) in [5, 5.41) is 3.36. The molecule has 1 unspecified atom stereocenters. The Morgan fingerprint density at radius 2 is 2.05 bits per heavy atom. The largest absolute Gasteiger partial charge is 0.490 e. The van der Waals surface area contributed by atoms with Crippen molar-refractivity contribution in [3.63, 3.8) is 0 Å². The normalized spacial score (nSPS) is 15.7. The predicted octanol–water partition coefficient (Wildman–Crippen LogP) is 2.92. The SMILES string of the molecule is CNC(c1ccc2c(c1)OCCCO2)c1scnc1C. The van der Waals surface area contributed by atoms with Crippen LogP contribution in [0.15, 0.2) is 23.7 Å². The van der Waals surface area contributed by atoms with Crippen LogP contribution in [0.5, 0.6) is 11.5 Å². The lowest BCUT2D eigenvalue weighted by Gasteiger charge is -2.17. The van der Waals surface area contributed by atoms with E-state index >= 15 is 0 Å². The number of ether oxygens (including phenoxy) is 2. The lowest BCUT2D eigenvalue weighted by Crippen LogP contribution is -2.17. The molecule has 0 aliphatic carbocycles. The number of benzene rings is 1. The van der Waals surface area contributed by atoms with E-state index in [4.69, 9.17) is 9.47 Å². The highest BCUT2D eigenvalue weighted by Crippen LogP contribution is 2.35. The van der Waals surface area contributed by atoms with Crippen molar-refractivity contribution in [1.29, 1.82) is 0 Å². The first-order valence-corrected chi connectivity index (χ1v) is 7.64. The molecule has 2 heterocycles. The smallest absolute Gasteiger partial charge is 0.161 e. The van der Waals surface area contributed by atoms with Gasteiger partial charge in [0.25, 0.3) is 0 Å². The summed E-state index contributed by atoms with van der Waals surface area (Å²) in [6, 6.07) is 6.30. The van der Waals surface area contributed by atoms with Gasteiger partial charge in [0, 0.05) is 11.3 Å². The Kier molecular flexibility index (Phi) is 3.89. The van der Waals surface area contributed by atoms with Crippen LogP contribution in [0.3, 0.4) is 0 Å². The van der Waals surface area contributed by atoms with Gasteiger partial charge in [-0.05, 0) is 31.7 Å². The van der Waals surface area contributed by atoms with Crippen molar-refractivity contribution in [1.82, 2.24) is 10.3 Å². The summed E-state index contributed by atoms with van der Waals surface area (Å²) >= 11 is 1.67. The summed E-state index contributed by atoms with van der Waals surface area (Å²) in [5.41, 5.74) is 4.13. The fourth-order valence-electron chi connectivity index (χ4n) is 2.40. The molecular weight excluding hydrogens is 272 g/mol. The van der Waals surface area contributed by atoms with Crippen LogP contribution in [-0.4, -0.2) is 25.2 Å². The maximum Gasteiger partial charge on any atom is 0.161 e. The molecule has 0 radical (unpaired) electrons. The zero-order valence-corrected chi connectivity index (χ0v) is 12.5. The number of aromatic nitrogens is 1. The lowest BCUT2D eigenvalue weighted by molar-refractivity contribution is 0.297. The van der Waals surface area contributed by atoms with Crippen LogP contribution >= 0.6 is 11.3 Å². The Bertz CT molecular complexity index is 597. The molecule has 20 heavy (non-hydrogen) atoms. The summed E-state index contributed by atoms with van der Waals surface area (Å²) in [5.74, 6) is 1.67. The van der Waals surface area contributed by atoms with Gasteiger partial charge in [0.1, 0.15) is 0 Å². The van der Waals surface area contributed by atoms with E-state index in [1.807, 2.05) is 25.5 Å². The Hall–Kier alpha value is -1.59. The van der Waals surface area contributed by atoms with Crippen LogP contribution in [0, 0.1) is 6.92 Å². The van der Waals surface area contributed by atoms with Crippen molar-refractivity contribution in [2.75, 3.05) is 20.3 Å². The molecule has 0 saturated carbocycles. The second-order valence-electron chi connectivity index (χ2n) is 4.78. The molecule has 1 N–H and O–H groups in total. The van der Waals surface area contributed by atoms with Gasteiger partial charge in [-0.2, -0.15) is 0 Å². The van der Waals surface area contributed by atoms with E-state index in [2.05, 4.69) is 22.4 Å². The summed E-state index contributed by atoms with van der Waals surface area (Å²) in [4.78, 5) is 5.57. The van der Waals surface area contributed by atoms with Crippen LogP contribution < -0.4 is 14.8 Å². The van der Waals surface area contributed by atoms with E-state index < -0.39 is 0 Å². The first-order chi connectivity index (χ1) is 9.79. The van der Waals surface area contributed by atoms with Gasteiger partial charge in [-0.1, -0.05) is 6.07 Å². The Morgan fingerprint density at radius 1 is 1.25 bits per heavy atom. The molecule has 0 saturated heterocycles. The first kappa shape index (κ1) is 13.4. The number of hydrogen-bond donors (Lipinski definition) is 1. The third kappa shape index (κ3) is 2.51. The number of rotatable bonds is 3. The summed E-state index contributed by atoms with van der Waals surface area (Å²) in [6.07, 6.45) is 0.924. The van der Waals surface area contributed by atoms with E-state index in [0.29, 0.717) is 6.61 Å². The van der Waals surface area contributed by atoms with Gasteiger partial charge < -0.3 is 14.8 Å². The van der Waals surface area contributed by atoms with E-state index in [9.17, 15) is 0 Å². The predicted molar refractivity (Wildman–Crippen MR) is 79.8 cm³/mol. The molecule has 3 rings (SSSR count). The van der Waals surface area contributed by atoms with E-state index in [-0.39, 0.29) is 6.04 Å². The molecular formula is C15H18N2O2S. The third-order valence-corrected chi connectivity index (χ3v) is 4.43. The molecule has 1 aromatic carbocycles. The fourth-order valence-corrected chi connectivity index (χ4v) is 3.33. The van der Waals surface area contributed by atoms with Crippen LogP contribution in [-0.2, 0) is 0 Å². The Labute approximate surface area is 122 Å². The molecule has 0 fully saturated rings. The first-order valence-electron chi connectivity index (χ1n) is 6.76. The molecule has 0 amide bonds. The second kappa shape index (κ2) is 5.81.